The molecule has 1 fully saturated rings. The molecule has 0 aromatic heterocycles. The summed E-state index contributed by atoms with van der Waals surface area (Å²) in [5.74, 6) is 0. The third-order valence-electron chi connectivity index (χ3n) is 1.90. The van der Waals surface area contributed by atoms with Crippen LogP contribution in [0.4, 0.5) is 13.2 Å². The minimum Gasteiger partial charge on any atom is -0.315 e. The van der Waals surface area contributed by atoms with Gasteiger partial charge in [-0.2, -0.15) is 13.2 Å². The Balaban J connectivity index is 2.02. The number of hydrogen-bond acceptors (Lipinski definition) is 2. The van der Waals surface area contributed by atoms with E-state index in [9.17, 15) is 13.2 Å². The molecule has 0 amide bonds. The monoisotopic (exact) mass is 182 g/mol. The predicted octanol–water partition coefficient (Wildman–Crippen LogP) is 0.890. The van der Waals surface area contributed by atoms with E-state index >= 15 is 0 Å². The highest BCUT2D eigenvalue weighted by Crippen LogP contribution is 2.18. The maximum Gasteiger partial charge on any atom is 0.390 e. The van der Waals surface area contributed by atoms with Gasteiger partial charge in [0.2, 0.25) is 0 Å². The van der Waals surface area contributed by atoms with Crippen molar-refractivity contribution in [1.29, 1.82) is 0 Å². The molecule has 0 unspecified atom stereocenters. The Morgan fingerprint density at radius 3 is 2.67 bits per heavy atom. The fourth-order valence-electron chi connectivity index (χ4n) is 1.25. The van der Waals surface area contributed by atoms with Crippen LogP contribution >= 0.6 is 0 Å². The summed E-state index contributed by atoms with van der Waals surface area (Å²) in [5.41, 5.74) is 0. The first-order chi connectivity index (χ1) is 5.58. The van der Waals surface area contributed by atoms with E-state index in [0.29, 0.717) is 0 Å². The average Bonchev–Trinajstić information content (AvgIpc) is 2.36. The van der Waals surface area contributed by atoms with Gasteiger partial charge in [0.05, 0.1) is 6.42 Å². The van der Waals surface area contributed by atoms with Crippen LogP contribution in [0.2, 0.25) is 0 Å². The van der Waals surface area contributed by atoms with Crippen LogP contribution in [0.3, 0.4) is 0 Å². The fourth-order valence-corrected chi connectivity index (χ4v) is 1.25. The first kappa shape index (κ1) is 9.80. The van der Waals surface area contributed by atoms with Gasteiger partial charge in [-0.3, -0.25) is 0 Å². The van der Waals surface area contributed by atoms with Crippen molar-refractivity contribution in [2.45, 2.75) is 25.1 Å². The molecule has 1 saturated heterocycles. The lowest BCUT2D eigenvalue weighted by molar-refractivity contribution is -0.133. The second-order valence-corrected chi connectivity index (χ2v) is 3.01. The smallest absolute Gasteiger partial charge is 0.315 e. The second kappa shape index (κ2) is 4.09. The minimum atomic E-state index is -4.03. The SMILES string of the molecule is FC(F)(F)CCN[C@H]1CCNC1. The molecule has 1 rings (SSSR count). The van der Waals surface area contributed by atoms with Crippen LogP contribution in [0, 0.1) is 0 Å². The molecule has 2 N–H and O–H groups in total. The summed E-state index contributed by atoms with van der Waals surface area (Å²) in [6.07, 6.45) is -3.83. The molecule has 0 aromatic rings. The highest BCUT2D eigenvalue weighted by molar-refractivity contribution is 4.77. The Morgan fingerprint density at radius 2 is 2.17 bits per heavy atom. The van der Waals surface area contributed by atoms with Crippen molar-refractivity contribution in [2.24, 2.45) is 0 Å². The number of nitrogens with one attached hydrogen (secondary N) is 2. The average molecular weight is 182 g/mol. The topological polar surface area (TPSA) is 24.1 Å². The number of alkyl halides is 3. The van der Waals surface area contributed by atoms with Gasteiger partial charge in [0.1, 0.15) is 0 Å². The number of rotatable bonds is 3. The number of hydrogen-bond donors (Lipinski definition) is 2. The third kappa shape index (κ3) is 3.92. The minimum absolute atomic E-state index is 0.0375. The Morgan fingerprint density at radius 1 is 1.42 bits per heavy atom. The summed E-state index contributed by atoms with van der Waals surface area (Å²) in [6.45, 7) is 1.73. The van der Waals surface area contributed by atoms with E-state index in [2.05, 4.69) is 10.6 Å². The van der Waals surface area contributed by atoms with Crippen LogP contribution in [0.15, 0.2) is 0 Å². The van der Waals surface area contributed by atoms with E-state index in [4.69, 9.17) is 0 Å². The molecule has 0 aliphatic carbocycles. The molecule has 72 valence electrons. The van der Waals surface area contributed by atoms with Gasteiger partial charge in [-0.05, 0) is 13.0 Å². The van der Waals surface area contributed by atoms with E-state index in [1.807, 2.05) is 0 Å². The van der Waals surface area contributed by atoms with Crippen molar-refractivity contribution < 1.29 is 13.2 Å². The van der Waals surface area contributed by atoms with E-state index in [-0.39, 0.29) is 12.6 Å². The molecular formula is C7H13F3N2. The standard InChI is InChI=1S/C7H13F3N2/c8-7(9,10)2-4-12-6-1-3-11-5-6/h6,11-12H,1-5H2/t6-/m0/s1. The van der Waals surface area contributed by atoms with Crippen LogP contribution in [0.25, 0.3) is 0 Å². The summed E-state index contributed by atoms with van der Waals surface area (Å²) >= 11 is 0. The zero-order valence-electron chi connectivity index (χ0n) is 6.75. The van der Waals surface area contributed by atoms with Crippen molar-refractivity contribution in [3.63, 3.8) is 0 Å². The van der Waals surface area contributed by atoms with Crippen molar-refractivity contribution in [3.05, 3.63) is 0 Å². The van der Waals surface area contributed by atoms with Gasteiger partial charge in [0.25, 0.3) is 0 Å². The lowest BCUT2D eigenvalue weighted by Crippen LogP contribution is -2.33. The molecule has 12 heavy (non-hydrogen) atoms. The van der Waals surface area contributed by atoms with Crippen molar-refractivity contribution >= 4 is 0 Å². The zero-order chi connectivity index (χ0) is 9.03. The van der Waals surface area contributed by atoms with Gasteiger partial charge >= 0.3 is 6.18 Å². The molecule has 0 radical (unpaired) electrons. The second-order valence-electron chi connectivity index (χ2n) is 3.01. The molecule has 0 spiro atoms. The van der Waals surface area contributed by atoms with Crippen LogP contribution in [-0.4, -0.2) is 31.9 Å². The quantitative estimate of drug-likeness (QED) is 0.677. The van der Waals surface area contributed by atoms with Crippen molar-refractivity contribution in [1.82, 2.24) is 10.6 Å². The van der Waals surface area contributed by atoms with Crippen LogP contribution in [0.1, 0.15) is 12.8 Å². The molecule has 0 bridgehead atoms. The Kier molecular flexibility index (Phi) is 3.34. The van der Waals surface area contributed by atoms with Crippen molar-refractivity contribution in [2.75, 3.05) is 19.6 Å². The van der Waals surface area contributed by atoms with Gasteiger partial charge < -0.3 is 10.6 Å². The van der Waals surface area contributed by atoms with Gasteiger partial charge in [-0.1, -0.05) is 0 Å². The Hall–Kier alpha value is -0.290. The third-order valence-corrected chi connectivity index (χ3v) is 1.90. The van der Waals surface area contributed by atoms with Crippen LogP contribution in [-0.2, 0) is 0 Å². The van der Waals surface area contributed by atoms with E-state index in [1.165, 1.54) is 0 Å². The summed E-state index contributed by atoms with van der Waals surface area (Å²) in [5, 5.41) is 5.93. The highest BCUT2D eigenvalue weighted by atomic mass is 19.4. The van der Waals surface area contributed by atoms with Gasteiger partial charge in [-0.25, -0.2) is 0 Å². The lowest BCUT2D eigenvalue weighted by Gasteiger charge is -2.11. The predicted molar refractivity (Wildman–Crippen MR) is 39.9 cm³/mol. The molecule has 1 atom stereocenters. The van der Waals surface area contributed by atoms with Gasteiger partial charge in [0, 0.05) is 19.1 Å². The van der Waals surface area contributed by atoms with Crippen molar-refractivity contribution in [3.8, 4) is 0 Å². The molecule has 2 nitrogen and oxygen atoms in total. The Labute approximate surface area is 69.5 Å². The molecule has 0 saturated carbocycles. The molecule has 1 aliphatic heterocycles. The molecule has 1 heterocycles. The van der Waals surface area contributed by atoms with Gasteiger partial charge in [-0.15, -0.1) is 0 Å². The fraction of sp³-hybridized carbons (Fsp3) is 1.00. The van der Waals surface area contributed by atoms with Crippen LogP contribution < -0.4 is 10.6 Å². The lowest BCUT2D eigenvalue weighted by atomic mass is 10.2. The molecular weight excluding hydrogens is 169 g/mol. The first-order valence-electron chi connectivity index (χ1n) is 4.09. The van der Waals surface area contributed by atoms with E-state index in [1.54, 1.807) is 0 Å². The summed E-state index contributed by atoms with van der Waals surface area (Å²) in [4.78, 5) is 0. The first-order valence-corrected chi connectivity index (χ1v) is 4.09. The molecule has 5 heteroatoms. The Bertz CT molecular complexity index is 129. The molecule has 1 aliphatic rings. The largest absolute Gasteiger partial charge is 0.390 e. The van der Waals surface area contributed by atoms with E-state index in [0.717, 1.165) is 19.5 Å². The normalized spacial score (nSPS) is 24.8. The maximum atomic E-state index is 11.7. The zero-order valence-corrected chi connectivity index (χ0v) is 6.75. The maximum absolute atomic E-state index is 11.7. The highest BCUT2D eigenvalue weighted by Gasteiger charge is 2.26. The molecule has 0 aromatic carbocycles. The van der Waals surface area contributed by atoms with Gasteiger partial charge in [0.15, 0.2) is 0 Å². The number of halogens is 3. The summed E-state index contributed by atoms with van der Waals surface area (Å²) in [7, 11) is 0. The summed E-state index contributed by atoms with van der Waals surface area (Å²) < 4.78 is 35.0. The summed E-state index contributed by atoms with van der Waals surface area (Å²) in [6, 6.07) is 0.229. The van der Waals surface area contributed by atoms with Crippen LogP contribution in [0.5, 0.6) is 0 Å². The van der Waals surface area contributed by atoms with E-state index < -0.39 is 12.6 Å².